The number of hydrogen-bond acceptors (Lipinski definition) is 4. The van der Waals surface area contributed by atoms with Gasteiger partial charge in [-0.2, -0.15) is 0 Å². The molecule has 21 heavy (non-hydrogen) atoms. The number of carbonyl (C=O) groups excluding carboxylic acids is 1. The Morgan fingerprint density at radius 2 is 1.76 bits per heavy atom. The second kappa shape index (κ2) is 6.04. The molecule has 0 saturated heterocycles. The van der Waals surface area contributed by atoms with Crippen LogP contribution in [0.1, 0.15) is 20.7 Å². The van der Waals surface area contributed by atoms with E-state index in [0.717, 1.165) is 0 Å². The molecule has 0 spiro atoms. The molecule has 1 aromatic carbocycles. The quantitative estimate of drug-likeness (QED) is 0.899. The standard InChI is InChI=1S/C15H15N3O3/c1-18(2)13-12(8-5-9-16-13)17-14(19)10-6-3-4-7-11(10)15(20)21/h3-9H,1-2H3,(H,17,19)(H,20,21). The van der Waals surface area contributed by atoms with Gasteiger partial charge in [0.25, 0.3) is 5.91 Å². The molecule has 0 unspecified atom stereocenters. The molecule has 6 nitrogen and oxygen atoms in total. The number of carboxylic acids is 1. The van der Waals surface area contributed by atoms with Crippen molar-refractivity contribution in [2.45, 2.75) is 0 Å². The van der Waals surface area contributed by atoms with Gasteiger partial charge < -0.3 is 15.3 Å². The SMILES string of the molecule is CN(C)c1ncccc1NC(=O)c1ccccc1C(=O)O. The van der Waals surface area contributed by atoms with Gasteiger partial charge in [-0.15, -0.1) is 0 Å². The molecule has 2 aromatic rings. The molecule has 0 fully saturated rings. The van der Waals surface area contributed by atoms with Gasteiger partial charge in [0.15, 0.2) is 5.82 Å². The lowest BCUT2D eigenvalue weighted by molar-refractivity contribution is 0.0692. The van der Waals surface area contributed by atoms with E-state index in [0.29, 0.717) is 11.5 Å². The third-order valence-corrected chi connectivity index (χ3v) is 2.86. The Hall–Kier alpha value is -2.89. The van der Waals surface area contributed by atoms with Crippen LogP contribution in [0.4, 0.5) is 11.5 Å². The zero-order valence-corrected chi connectivity index (χ0v) is 11.7. The fourth-order valence-corrected chi connectivity index (χ4v) is 1.91. The first kappa shape index (κ1) is 14.5. The molecule has 0 bridgehead atoms. The minimum atomic E-state index is -1.14. The van der Waals surface area contributed by atoms with Crippen LogP contribution in [-0.4, -0.2) is 36.1 Å². The second-order valence-electron chi connectivity index (χ2n) is 4.57. The van der Waals surface area contributed by atoms with Gasteiger partial charge in [0, 0.05) is 20.3 Å². The number of carboxylic acid groups (broad SMARTS) is 1. The molecule has 1 aromatic heterocycles. The highest BCUT2D eigenvalue weighted by molar-refractivity contribution is 6.11. The van der Waals surface area contributed by atoms with E-state index in [2.05, 4.69) is 10.3 Å². The fourth-order valence-electron chi connectivity index (χ4n) is 1.91. The van der Waals surface area contributed by atoms with E-state index in [1.165, 1.54) is 12.1 Å². The Kier molecular flexibility index (Phi) is 4.18. The van der Waals surface area contributed by atoms with E-state index in [-0.39, 0.29) is 11.1 Å². The van der Waals surface area contributed by atoms with Gasteiger partial charge in [-0.05, 0) is 24.3 Å². The van der Waals surface area contributed by atoms with Crippen molar-refractivity contribution in [1.29, 1.82) is 0 Å². The van der Waals surface area contributed by atoms with E-state index in [4.69, 9.17) is 5.11 Å². The Bertz CT molecular complexity index is 683. The van der Waals surface area contributed by atoms with Crippen LogP contribution in [0, 0.1) is 0 Å². The molecule has 2 rings (SSSR count). The smallest absolute Gasteiger partial charge is 0.336 e. The van der Waals surface area contributed by atoms with Crippen LogP contribution in [0.15, 0.2) is 42.6 Å². The van der Waals surface area contributed by atoms with Crippen LogP contribution in [-0.2, 0) is 0 Å². The summed E-state index contributed by atoms with van der Waals surface area (Å²) in [4.78, 5) is 29.4. The lowest BCUT2D eigenvalue weighted by atomic mass is 10.1. The molecule has 0 saturated carbocycles. The number of carbonyl (C=O) groups is 2. The van der Waals surface area contributed by atoms with Gasteiger partial charge in [-0.3, -0.25) is 4.79 Å². The van der Waals surface area contributed by atoms with Crippen LogP contribution in [0.5, 0.6) is 0 Å². The lowest BCUT2D eigenvalue weighted by Crippen LogP contribution is -2.19. The van der Waals surface area contributed by atoms with Crippen molar-refractivity contribution in [1.82, 2.24) is 4.98 Å². The van der Waals surface area contributed by atoms with E-state index in [9.17, 15) is 9.59 Å². The molecule has 0 aliphatic carbocycles. The molecule has 1 amide bonds. The highest BCUT2D eigenvalue weighted by atomic mass is 16.4. The number of rotatable bonds is 4. The van der Waals surface area contributed by atoms with E-state index >= 15 is 0 Å². The molecule has 1 heterocycles. The molecular weight excluding hydrogens is 270 g/mol. The van der Waals surface area contributed by atoms with Crippen LogP contribution >= 0.6 is 0 Å². The average Bonchev–Trinajstić information content (AvgIpc) is 2.47. The van der Waals surface area contributed by atoms with Crippen molar-refractivity contribution in [3.8, 4) is 0 Å². The van der Waals surface area contributed by atoms with E-state index in [1.54, 1.807) is 35.4 Å². The molecule has 0 aliphatic rings. The van der Waals surface area contributed by atoms with Gasteiger partial charge in [-0.1, -0.05) is 12.1 Å². The van der Waals surface area contributed by atoms with Gasteiger partial charge in [0.05, 0.1) is 16.8 Å². The monoisotopic (exact) mass is 285 g/mol. The number of pyridine rings is 1. The fraction of sp³-hybridized carbons (Fsp3) is 0.133. The Morgan fingerprint density at radius 1 is 1.10 bits per heavy atom. The summed E-state index contributed by atoms with van der Waals surface area (Å²) in [6.07, 6.45) is 1.62. The van der Waals surface area contributed by atoms with E-state index < -0.39 is 11.9 Å². The zero-order valence-electron chi connectivity index (χ0n) is 11.7. The number of amides is 1. The summed E-state index contributed by atoms with van der Waals surface area (Å²) < 4.78 is 0. The van der Waals surface area contributed by atoms with Crippen molar-refractivity contribution in [3.63, 3.8) is 0 Å². The summed E-state index contributed by atoms with van der Waals surface area (Å²) >= 11 is 0. The molecule has 0 aliphatic heterocycles. The minimum Gasteiger partial charge on any atom is -0.478 e. The summed E-state index contributed by atoms with van der Waals surface area (Å²) in [5.41, 5.74) is 0.594. The highest BCUT2D eigenvalue weighted by Crippen LogP contribution is 2.21. The van der Waals surface area contributed by atoms with Crippen LogP contribution in [0.25, 0.3) is 0 Å². The van der Waals surface area contributed by atoms with Gasteiger partial charge in [0.1, 0.15) is 0 Å². The first-order valence-electron chi connectivity index (χ1n) is 6.26. The maximum atomic E-state index is 12.3. The topological polar surface area (TPSA) is 82.5 Å². The van der Waals surface area contributed by atoms with Crippen LogP contribution < -0.4 is 10.2 Å². The molecule has 0 radical (unpaired) electrons. The Labute approximate surface area is 122 Å². The Morgan fingerprint density at radius 3 is 2.38 bits per heavy atom. The third-order valence-electron chi connectivity index (χ3n) is 2.86. The average molecular weight is 285 g/mol. The Balaban J connectivity index is 2.33. The van der Waals surface area contributed by atoms with Gasteiger partial charge in [0.2, 0.25) is 0 Å². The maximum Gasteiger partial charge on any atom is 0.336 e. The number of anilines is 2. The minimum absolute atomic E-state index is 0.0368. The second-order valence-corrected chi connectivity index (χ2v) is 4.57. The van der Waals surface area contributed by atoms with Crippen molar-refractivity contribution < 1.29 is 14.7 Å². The molecule has 0 atom stereocenters. The van der Waals surface area contributed by atoms with Crippen LogP contribution in [0.2, 0.25) is 0 Å². The van der Waals surface area contributed by atoms with Gasteiger partial charge in [-0.25, -0.2) is 9.78 Å². The van der Waals surface area contributed by atoms with Crippen molar-refractivity contribution in [3.05, 3.63) is 53.7 Å². The van der Waals surface area contributed by atoms with Crippen LogP contribution in [0.3, 0.4) is 0 Å². The highest BCUT2D eigenvalue weighted by Gasteiger charge is 2.17. The predicted molar refractivity (Wildman–Crippen MR) is 79.9 cm³/mol. The summed E-state index contributed by atoms with van der Waals surface area (Å²) in [5, 5.41) is 11.8. The third kappa shape index (κ3) is 3.17. The molecule has 2 N–H and O–H groups in total. The summed E-state index contributed by atoms with van der Waals surface area (Å²) in [7, 11) is 3.62. The number of aromatic nitrogens is 1. The predicted octanol–water partition coefficient (Wildman–Crippen LogP) is 2.10. The number of nitrogens with zero attached hydrogens (tertiary/aromatic N) is 2. The number of hydrogen-bond donors (Lipinski definition) is 2. The molecule has 6 heteroatoms. The zero-order chi connectivity index (χ0) is 15.4. The first-order valence-corrected chi connectivity index (χ1v) is 6.26. The normalized spacial score (nSPS) is 10.0. The van der Waals surface area contributed by atoms with Crippen molar-refractivity contribution in [2.75, 3.05) is 24.3 Å². The summed E-state index contributed by atoms with van der Waals surface area (Å²) in [5.74, 6) is -1.03. The van der Waals surface area contributed by atoms with Crippen molar-refractivity contribution in [2.24, 2.45) is 0 Å². The number of nitrogens with one attached hydrogen (secondary N) is 1. The molecular formula is C15H15N3O3. The van der Waals surface area contributed by atoms with E-state index in [1.807, 2.05) is 14.1 Å². The molecule has 108 valence electrons. The number of aromatic carboxylic acids is 1. The van der Waals surface area contributed by atoms with Crippen molar-refractivity contribution >= 4 is 23.4 Å². The first-order chi connectivity index (χ1) is 10.0. The number of benzene rings is 1. The largest absolute Gasteiger partial charge is 0.478 e. The van der Waals surface area contributed by atoms with Gasteiger partial charge >= 0.3 is 5.97 Å². The summed E-state index contributed by atoms with van der Waals surface area (Å²) in [6.45, 7) is 0. The lowest BCUT2D eigenvalue weighted by Gasteiger charge is -2.16. The maximum absolute atomic E-state index is 12.3. The summed E-state index contributed by atoms with van der Waals surface area (Å²) in [6, 6.07) is 9.49.